The van der Waals surface area contributed by atoms with Gasteiger partial charge in [0, 0.05) is 57.2 Å². The third kappa shape index (κ3) is 4.33. The first-order valence-electron chi connectivity index (χ1n) is 10.9. The molecule has 1 fully saturated rings. The molecule has 0 amide bonds. The number of rotatable bonds is 8. The molecule has 1 aliphatic rings. The number of nitrogens with zero attached hydrogens (tertiary/aromatic N) is 6. The number of hydrogen-bond acceptors (Lipinski definition) is 6. The molecule has 160 valence electrons. The molecule has 0 spiro atoms. The van der Waals surface area contributed by atoms with E-state index in [2.05, 4.69) is 37.9 Å². The summed E-state index contributed by atoms with van der Waals surface area (Å²) in [7, 11) is 0. The minimum Gasteiger partial charge on any atom is -0.392 e. The maximum absolute atomic E-state index is 9.47. The van der Waals surface area contributed by atoms with Gasteiger partial charge < -0.3 is 14.9 Å². The molecule has 0 saturated carbocycles. The van der Waals surface area contributed by atoms with Crippen LogP contribution in [0.1, 0.15) is 19.4 Å². The Morgan fingerprint density at radius 1 is 1.07 bits per heavy atom. The number of piperazine rings is 1. The lowest BCUT2D eigenvalue weighted by Crippen LogP contribution is -2.48. The molecule has 0 radical (unpaired) electrons. The fourth-order valence-corrected chi connectivity index (χ4v) is 4.18. The summed E-state index contributed by atoms with van der Waals surface area (Å²) in [5, 5.41) is 9.47. The molecule has 1 N–H and O–H groups in total. The highest BCUT2D eigenvalue weighted by Gasteiger charge is 2.21. The summed E-state index contributed by atoms with van der Waals surface area (Å²) < 4.78 is 2.10. The van der Waals surface area contributed by atoms with Gasteiger partial charge in [0.2, 0.25) is 0 Å². The van der Waals surface area contributed by atoms with Gasteiger partial charge in [-0.1, -0.05) is 32.0 Å². The molecule has 1 aromatic carbocycles. The molecule has 7 heteroatoms. The summed E-state index contributed by atoms with van der Waals surface area (Å²) in [5.41, 5.74) is 3.80. The second kappa shape index (κ2) is 9.55. The maximum Gasteiger partial charge on any atom is 0.180 e. The average molecular weight is 409 g/mol. The first kappa shape index (κ1) is 20.8. The van der Waals surface area contributed by atoms with Crippen molar-refractivity contribution < 1.29 is 5.11 Å². The van der Waals surface area contributed by atoms with E-state index in [9.17, 15) is 5.11 Å². The lowest BCUT2D eigenvalue weighted by molar-refractivity contribution is 0.206. The highest BCUT2D eigenvalue weighted by Crippen LogP contribution is 2.26. The molecule has 0 unspecified atom stereocenters. The zero-order chi connectivity index (χ0) is 20.9. The van der Waals surface area contributed by atoms with Crippen LogP contribution >= 0.6 is 0 Å². The quantitative estimate of drug-likeness (QED) is 0.617. The van der Waals surface area contributed by atoms with E-state index in [1.807, 2.05) is 42.9 Å². The monoisotopic (exact) mass is 408 g/mol. The van der Waals surface area contributed by atoms with Crippen molar-refractivity contribution in [3.63, 3.8) is 0 Å². The number of benzene rings is 1. The van der Waals surface area contributed by atoms with Gasteiger partial charge in [0.15, 0.2) is 11.5 Å². The molecular formula is C23H32N6O. The van der Waals surface area contributed by atoms with E-state index in [1.165, 1.54) is 0 Å². The van der Waals surface area contributed by atoms with E-state index in [-0.39, 0.29) is 6.61 Å². The molecule has 3 aromatic rings. The van der Waals surface area contributed by atoms with Gasteiger partial charge in [-0.15, -0.1) is 0 Å². The fraction of sp³-hybridized carbons (Fsp3) is 0.478. The molecular weight excluding hydrogens is 376 g/mol. The number of fused-ring (bicyclic) bond motifs is 1. The third-order valence-corrected chi connectivity index (χ3v) is 6.11. The largest absolute Gasteiger partial charge is 0.392 e. The van der Waals surface area contributed by atoms with Crippen molar-refractivity contribution in [3.8, 4) is 11.3 Å². The molecule has 30 heavy (non-hydrogen) atoms. The van der Waals surface area contributed by atoms with Gasteiger partial charge in [-0.3, -0.25) is 9.30 Å². The molecule has 1 saturated heterocycles. The van der Waals surface area contributed by atoms with Crippen LogP contribution in [0.25, 0.3) is 16.9 Å². The van der Waals surface area contributed by atoms with Crippen LogP contribution in [-0.4, -0.2) is 81.6 Å². The van der Waals surface area contributed by atoms with Crippen molar-refractivity contribution in [3.05, 3.63) is 48.4 Å². The smallest absolute Gasteiger partial charge is 0.180 e. The molecule has 1 aliphatic heterocycles. The molecule has 2 aromatic heterocycles. The average Bonchev–Trinajstić information content (AvgIpc) is 3.30. The van der Waals surface area contributed by atoms with Crippen molar-refractivity contribution in [2.24, 2.45) is 0 Å². The number of aliphatic hydroxyl groups excluding tert-OH is 1. The fourth-order valence-electron chi connectivity index (χ4n) is 4.18. The van der Waals surface area contributed by atoms with Crippen molar-refractivity contribution in [2.45, 2.75) is 20.5 Å². The van der Waals surface area contributed by atoms with Gasteiger partial charge in [-0.25, -0.2) is 9.97 Å². The summed E-state index contributed by atoms with van der Waals surface area (Å²) in [5.74, 6) is 0.949. The van der Waals surface area contributed by atoms with Gasteiger partial charge in [0.1, 0.15) is 0 Å². The third-order valence-electron chi connectivity index (χ3n) is 6.11. The SMILES string of the molecule is CCN(CC)CCN1CCN(c2ncc(-c3cccc(CO)c3)n3ccnc23)CC1. The highest BCUT2D eigenvalue weighted by atomic mass is 16.3. The Labute approximate surface area is 178 Å². The predicted octanol–water partition coefficient (Wildman–Crippen LogP) is 2.35. The zero-order valence-corrected chi connectivity index (χ0v) is 18.0. The number of hydrogen-bond donors (Lipinski definition) is 1. The van der Waals surface area contributed by atoms with Crippen LogP contribution in [0.2, 0.25) is 0 Å². The molecule has 7 nitrogen and oxygen atoms in total. The van der Waals surface area contributed by atoms with E-state index >= 15 is 0 Å². The van der Waals surface area contributed by atoms with Crippen molar-refractivity contribution in [1.82, 2.24) is 24.2 Å². The summed E-state index contributed by atoms with van der Waals surface area (Å²) in [4.78, 5) is 16.8. The van der Waals surface area contributed by atoms with E-state index in [1.54, 1.807) is 0 Å². The Bertz CT molecular complexity index is 959. The molecule has 3 heterocycles. The summed E-state index contributed by atoms with van der Waals surface area (Å²) in [6, 6.07) is 7.94. The van der Waals surface area contributed by atoms with Crippen LogP contribution in [0, 0.1) is 0 Å². The Balaban J connectivity index is 1.49. The maximum atomic E-state index is 9.47. The number of imidazole rings is 1. The first-order valence-corrected chi connectivity index (χ1v) is 10.9. The number of aromatic nitrogens is 3. The van der Waals surface area contributed by atoms with Crippen LogP contribution in [0.5, 0.6) is 0 Å². The van der Waals surface area contributed by atoms with Crippen LogP contribution in [0.15, 0.2) is 42.9 Å². The highest BCUT2D eigenvalue weighted by molar-refractivity contribution is 5.71. The first-order chi connectivity index (χ1) is 14.7. The minimum absolute atomic E-state index is 0.0327. The van der Waals surface area contributed by atoms with Gasteiger partial charge in [0.05, 0.1) is 18.5 Å². The summed E-state index contributed by atoms with van der Waals surface area (Å²) in [6.07, 6.45) is 5.75. The molecule has 0 atom stereocenters. The Morgan fingerprint density at radius 2 is 1.87 bits per heavy atom. The van der Waals surface area contributed by atoms with Crippen LogP contribution in [0.3, 0.4) is 0 Å². The van der Waals surface area contributed by atoms with Crippen LogP contribution in [0.4, 0.5) is 5.82 Å². The van der Waals surface area contributed by atoms with E-state index in [0.717, 1.165) is 80.6 Å². The van der Waals surface area contributed by atoms with Gasteiger partial charge in [-0.05, 0) is 24.7 Å². The zero-order valence-electron chi connectivity index (χ0n) is 18.0. The second-order valence-electron chi connectivity index (χ2n) is 7.80. The van der Waals surface area contributed by atoms with Gasteiger partial charge in [-0.2, -0.15) is 0 Å². The van der Waals surface area contributed by atoms with Gasteiger partial charge in [0.25, 0.3) is 0 Å². The van der Waals surface area contributed by atoms with Gasteiger partial charge >= 0.3 is 0 Å². The topological polar surface area (TPSA) is 60.1 Å². The lowest BCUT2D eigenvalue weighted by Gasteiger charge is -2.36. The van der Waals surface area contributed by atoms with E-state index in [0.29, 0.717) is 0 Å². The number of anilines is 1. The predicted molar refractivity (Wildman–Crippen MR) is 121 cm³/mol. The normalized spacial score (nSPS) is 15.4. The molecule has 0 bridgehead atoms. The van der Waals surface area contributed by atoms with Crippen molar-refractivity contribution in [1.29, 1.82) is 0 Å². The van der Waals surface area contributed by atoms with Crippen molar-refractivity contribution >= 4 is 11.5 Å². The number of aliphatic hydroxyl groups is 1. The summed E-state index contributed by atoms with van der Waals surface area (Å²) >= 11 is 0. The van der Waals surface area contributed by atoms with E-state index < -0.39 is 0 Å². The second-order valence-corrected chi connectivity index (χ2v) is 7.80. The summed E-state index contributed by atoms with van der Waals surface area (Å²) in [6.45, 7) is 13.0. The Hall–Kier alpha value is -2.48. The Morgan fingerprint density at radius 3 is 2.60 bits per heavy atom. The standard InChI is InChI=1S/C23H32N6O/c1-3-26(4-2)10-11-27-12-14-28(15-13-27)22-23-24-8-9-29(23)21(17-25-22)20-7-5-6-19(16-20)18-30/h5-9,16-17,30H,3-4,10-15,18H2,1-2H3. The minimum atomic E-state index is 0.0327. The Kier molecular flexibility index (Phi) is 6.62. The van der Waals surface area contributed by atoms with Crippen LogP contribution < -0.4 is 4.90 Å². The van der Waals surface area contributed by atoms with E-state index in [4.69, 9.17) is 4.98 Å². The lowest BCUT2D eigenvalue weighted by atomic mass is 10.1. The van der Waals surface area contributed by atoms with Crippen LogP contribution in [-0.2, 0) is 6.61 Å². The molecule has 4 rings (SSSR count). The van der Waals surface area contributed by atoms with Crippen molar-refractivity contribution in [2.75, 3.05) is 57.3 Å². The molecule has 0 aliphatic carbocycles. The number of likely N-dealkylation sites (N-methyl/N-ethyl adjacent to an activating group) is 1.